The average molecular weight is 583 g/mol. The van der Waals surface area contributed by atoms with Gasteiger partial charge in [-0.15, -0.1) is 0 Å². The van der Waals surface area contributed by atoms with E-state index in [1.807, 2.05) is 26.0 Å². The Kier molecular flexibility index (Phi) is 10.9. The molecule has 0 aliphatic heterocycles. The van der Waals surface area contributed by atoms with Gasteiger partial charge < -0.3 is 10.2 Å². The number of carbonyl (C=O) groups excluding carboxylic acids is 2. The molecule has 2 aromatic carbocycles. The highest BCUT2D eigenvalue weighted by Gasteiger charge is 2.33. The van der Waals surface area contributed by atoms with E-state index in [0.29, 0.717) is 34.1 Å². The highest BCUT2D eigenvalue weighted by molar-refractivity contribution is 7.92. The Labute approximate surface area is 236 Å². The molecular weight excluding hydrogens is 545 g/mol. The van der Waals surface area contributed by atoms with E-state index in [2.05, 4.69) is 5.32 Å². The number of para-hydroxylation sites is 1. The molecule has 208 valence electrons. The van der Waals surface area contributed by atoms with Crippen LogP contribution in [0, 0.1) is 0 Å². The van der Waals surface area contributed by atoms with Crippen LogP contribution < -0.4 is 9.62 Å². The summed E-state index contributed by atoms with van der Waals surface area (Å²) >= 11 is 12.5. The van der Waals surface area contributed by atoms with Crippen molar-refractivity contribution in [3.63, 3.8) is 0 Å². The SMILES string of the molecule is CCc1ccccc1N(CC(=O)N(Cc1ccc(Cl)cc1Cl)[C@@H](CC)C(=O)NC1CCCCC1)S(C)(=O)=O. The fourth-order valence-corrected chi connectivity index (χ4v) is 6.29. The molecule has 1 fully saturated rings. The first-order valence-corrected chi connectivity index (χ1v) is 15.7. The number of anilines is 1. The lowest BCUT2D eigenvalue weighted by atomic mass is 9.95. The lowest BCUT2D eigenvalue weighted by Gasteiger charge is -2.34. The van der Waals surface area contributed by atoms with Crippen molar-refractivity contribution in [3.8, 4) is 0 Å². The molecule has 38 heavy (non-hydrogen) atoms. The van der Waals surface area contributed by atoms with Crippen LogP contribution in [0.25, 0.3) is 0 Å². The first-order valence-electron chi connectivity index (χ1n) is 13.1. The third-order valence-corrected chi connectivity index (χ3v) is 8.73. The van der Waals surface area contributed by atoms with Crippen molar-refractivity contribution in [2.75, 3.05) is 17.1 Å². The molecule has 0 spiro atoms. The van der Waals surface area contributed by atoms with E-state index in [4.69, 9.17) is 23.2 Å². The molecule has 2 aromatic rings. The predicted octanol–water partition coefficient (Wildman–Crippen LogP) is 5.58. The standard InChI is InChI=1S/C28H37Cl2N3O4S/c1-4-20-11-9-10-14-26(20)33(38(3,36)37)19-27(34)32(18-21-15-16-22(29)17-24(21)30)25(5-2)28(35)31-23-12-7-6-8-13-23/h9-11,14-17,23,25H,4-8,12-13,18-19H2,1-3H3,(H,31,35)/t25-/m0/s1. The first-order chi connectivity index (χ1) is 18.0. The number of carbonyl (C=O) groups is 2. The predicted molar refractivity (Wildman–Crippen MR) is 154 cm³/mol. The maximum absolute atomic E-state index is 13.9. The summed E-state index contributed by atoms with van der Waals surface area (Å²) in [7, 11) is -3.80. The maximum atomic E-state index is 13.9. The normalized spacial score (nSPS) is 15.1. The molecule has 0 heterocycles. The van der Waals surface area contributed by atoms with Crippen LogP contribution in [-0.4, -0.2) is 50.0 Å². The van der Waals surface area contributed by atoms with Crippen LogP contribution >= 0.6 is 23.2 Å². The molecule has 3 rings (SSSR count). The van der Waals surface area contributed by atoms with Crippen LogP contribution in [0.5, 0.6) is 0 Å². The molecule has 0 unspecified atom stereocenters. The van der Waals surface area contributed by atoms with Crippen molar-refractivity contribution in [2.45, 2.75) is 77.4 Å². The largest absolute Gasteiger partial charge is 0.352 e. The summed E-state index contributed by atoms with van der Waals surface area (Å²) in [4.78, 5) is 28.8. The number of nitrogens with zero attached hydrogens (tertiary/aromatic N) is 2. The quantitative estimate of drug-likeness (QED) is 0.375. The minimum atomic E-state index is -3.80. The summed E-state index contributed by atoms with van der Waals surface area (Å²) in [6.07, 6.45) is 7.14. The van der Waals surface area contributed by atoms with E-state index in [-0.39, 0.29) is 18.5 Å². The fraction of sp³-hybridized carbons (Fsp3) is 0.500. The molecule has 1 atom stereocenters. The summed E-state index contributed by atoms with van der Waals surface area (Å²) in [5.41, 5.74) is 1.88. The number of amides is 2. The molecule has 7 nitrogen and oxygen atoms in total. The number of rotatable bonds is 11. The minimum Gasteiger partial charge on any atom is -0.352 e. The molecular formula is C28H37Cl2N3O4S. The molecule has 1 aliphatic rings. The number of aryl methyl sites for hydroxylation is 1. The van der Waals surface area contributed by atoms with Crippen LogP contribution in [0.4, 0.5) is 5.69 Å². The molecule has 10 heteroatoms. The summed E-state index contributed by atoms with van der Waals surface area (Å²) in [5.74, 6) is -0.726. The van der Waals surface area contributed by atoms with Gasteiger partial charge in [0.1, 0.15) is 12.6 Å². The van der Waals surface area contributed by atoms with Crippen molar-refractivity contribution in [1.82, 2.24) is 10.2 Å². The van der Waals surface area contributed by atoms with Gasteiger partial charge in [0, 0.05) is 22.6 Å². The number of hydrogen-bond donors (Lipinski definition) is 1. The van der Waals surface area contributed by atoms with Gasteiger partial charge in [0.05, 0.1) is 11.9 Å². The zero-order chi connectivity index (χ0) is 27.9. The van der Waals surface area contributed by atoms with E-state index in [9.17, 15) is 18.0 Å². The fourth-order valence-electron chi connectivity index (χ4n) is 4.95. The molecule has 1 saturated carbocycles. The lowest BCUT2D eigenvalue weighted by molar-refractivity contribution is -0.140. The van der Waals surface area contributed by atoms with Gasteiger partial charge in [0.15, 0.2) is 0 Å². The molecule has 2 amide bonds. The molecule has 0 bridgehead atoms. The van der Waals surface area contributed by atoms with Crippen LogP contribution in [0.1, 0.15) is 63.5 Å². The third kappa shape index (κ3) is 7.87. The highest BCUT2D eigenvalue weighted by Crippen LogP contribution is 2.27. The van der Waals surface area contributed by atoms with Crippen molar-refractivity contribution in [1.29, 1.82) is 0 Å². The van der Waals surface area contributed by atoms with Gasteiger partial charge in [0.2, 0.25) is 21.8 Å². The van der Waals surface area contributed by atoms with Crippen molar-refractivity contribution in [2.24, 2.45) is 0 Å². The van der Waals surface area contributed by atoms with Crippen molar-refractivity contribution < 1.29 is 18.0 Å². The Balaban J connectivity index is 1.96. The first kappa shape index (κ1) is 30.3. The molecule has 0 aromatic heterocycles. The molecule has 1 N–H and O–H groups in total. The second-order valence-electron chi connectivity index (χ2n) is 9.78. The lowest BCUT2D eigenvalue weighted by Crippen LogP contribution is -2.54. The number of benzene rings is 2. The zero-order valence-electron chi connectivity index (χ0n) is 22.3. The summed E-state index contributed by atoms with van der Waals surface area (Å²) < 4.78 is 26.9. The summed E-state index contributed by atoms with van der Waals surface area (Å²) in [6.45, 7) is 3.38. The van der Waals surface area contributed by atoms with Crippen LogP contribution in [0.15, 0.2) is 42.5 Å². The van der Waals surface area contributed by atoms with Gasteiger partial charge in [-0.25, -0.2) is 8.42 Å². The van der Waals surface area contributed by atoms with Crippen LogP contribution in [0.2, 0.25) is 10.0 Å². The summed E-state index contributed by atoms with van der Waals surface area (Å²) in [6, 6.07) is 11.4. The smallest absolute Gasteiger partial charge is 0.244 e. The van der Waals surface area contributed by atoms with E-state index < -0.39 is 28.5 Å². The zero-order valence-corrected chi connectivity index (χ0v) is 24.6. The second kappa shape index (κ2) is 13.7. The third-order valence-electron chi connectivity index (χ3n) is 7.01. The van der Waals surface area contributed by atoms with Gasteiger partial charge >= 0.3 is 0 Å². The van der Waals surface area contributed by atoms with Gasteiger partial charge in [-0.3, -0.25) is 13.9 Å². The van der Waals surface area contributed by atoms with Crippen LogP contribution in [-0.2, 0) is 32.6 Å². The van der Waals surface area contributed by atoms with E-state index in [1.54, 1.807) is 30.3 Å². The molecule has 0 radical (unpaired) electrons. The van der Waals surface area contributed by atoms with E-state index in [1.165, 1.54) is 4.90 Å². The Hall–Kier alpha value is -2.29. The minimum absolute atomic E-state index is 0.0401. The van der Waals surface area contributed by atoms with Gasteiger partial charge in [-0.05, 0) is 55.0 Å². The molecule has 1 aliphatic carbocycles. The Morgan fingerprint density at radius 3 is 2.32 bits per heavy atom. The summed E-state index contributed by atoms with van der Waals surface area (Å²) in [5, 5.41) is 3.96. The van der Waals surface area contributed by atoms with Crippen LogP contribution in [0.3, 0.4) is 0 Å². The average Bonchev–Trinajstić information content (AvgIpc) is 2.88. The van der Waals surface area contributed by atoms with Gasteiger partial charge in [-0.1, -0.05) is 80.6 Å². The Morgan fingerprint density at radius 2 is 1.71 bits per heavy atom. The van der Waals surface area contributed by atoms with Crippen molar-refractivity contribution >= 4 is 50.7 Å². The maximum Gasteiger partial charge on any atom is 0.244 e. The Morgan fingerprint density at radius 1 is 1.03 bits per heavy atom. The monoisotopic (exact) mass is 581 g/mol. The number of halogens is 2. The number of sulfonamides is 1. The van der Waals surface area contributed by atoms with Gasteiger partial charge in [0.25, 0.3) is 0 Å². The molecule has 0 saturated heterocycles. The number of hydrogen-bond acceptors (Lipinski definition) is 4. The number of nitrogens with one attached hydrogen (secondary N) is 1. The van der Waals surface area contributed by atoms with E-state index in [0.717, 1.165) is 48.2 Å². The van der Waals surface area contributed by atoms with E-state index >= 15 is 0 Å². The topological polar surface area (TPSA) is 86.8 Å². The Bertz CT molecular complexity index is 1230. The second-order valence-corrected chi connectivity index (χ2v) is 12.5. The highest BCUT2D eigenvalue weighted by atomic mass is 35.5. The van der Waals surface area contributed by atoms with Gasteiger partial charge in [-0.2, -0.15) is 0 Å². The van der Waals surface area contributed by atoms with Crippen molar-refractivity contribution in [3.05, 3.63) is 63.6 Å².